The first-order valence-electron chi connectivity index (χ1n) is 6.92. The van der Waals surface area contributed by atoms with Crippen LogP contribution in [0.25, 0.3) is 0 Å². The summed E-state index contributed by atoms with van der Waals surface area (Å²) in [5.74, 6) is -4.33. The van der Waals surface area contributed by atoms with Gasteiger partial charge in [0.1, 0.15) is 0 Å². The number of benzene rings is 1. The maximum absolute atomic E-state index is 13.5. The molecule has 0 bridgehead atoms. The molecular formula is C14H17F3N4O. The average Bonchev–Trinajstić information content (AvgIpc) is 3.03. The Morgan fingerprint density at radius 2 is 1.91 bits per heavy atom. The van der Waals surface area contributed by atoms with Gasteiger partial charge in [0.25, 0.3) is 0 Å². The van der Waals surface area contributed by atoms with Crippen LogP contribution in [0.2, 0.25) is 0 Å². The van der Waals surface area contributed by atoms with Crippen LogP contribution in [-0.2, 0) is 4.79 Å². The minimum Gasteiger partial charge on any atom is -0.347 e. The average molecular weight is 314 g/mol. The van der Waals surface area contributed by atoms with Crippen LogP contribution in [0.3, 0.4) is 0 Å². The van der Waals surface area contributed by atoms with E-state index in [2.05, 4.69) is 15.6 Å². The summed E-state index contributed by atoms with van der Waals surface area (Å²) in [7, 11) is 1.60. The molecule has 0 aliphatic carbocycles. The molecule has 1 fully saturated rings. The smallest absolute Gasteiger partial charge is 0.243 e. The molecule has 1 aromatic rings. The lowest BCUT2D eigenvalue weighted by molar-refractivity contribution is -0.115. The van der Waals surface area contributed by atoms with Crippen molar-refractivity contribution in [3.8, 4) is 0 Å². The molecule has 0 spiro atoms. The van der Waals surface area contributed by atoms with Gasteiger partial charge in [-0.2, -0.15) is 0 Å². The second-order valence-electron chi connectivity index (χ2n) is 4.87. The quantitative estimate of drug-likeness (QED) is 0.507. The van der Waals surface area contributed by atoms with Gasteiger partial charge < -0.3 is 15.5 Å². The van der Waals surface area contributed by atoms with Crippen molar-refractivity contribution in [2.75, 3.05) is 32.0 Å². The molecule has 1 aliphatic rings. The molecule has 2 N–H and O–H groups in total. The molecule has 1 amide bonds. The SMILES string of the molecule is CN=C(NCC(=O)Nc1ccc(F)c(F)c1F)N1CCCC1. The third-order valence-electron chi connectivity index (χ3n) is 3.33. The van der Waals surface area contributed by atoms with E-state index in [-0.39, 0.29) is 6.54 Å². The highest BCUT2D eigenvalue weighted by atomic mass is 19.2. The fraction of sp³-hybridized carbons (Fsp3) is 0.429. The van der Waals surface area contributed by atoms with Gasteiger partial charge in [0.2, 0.25) is 5.91 Å². The molecule has 1 heterocycles. The zero-order valence-corrected chi connectivity index (χ0v) is 12.1. The molecule has 0 atom stereocenters. The standard InChI is InChI=1S/C14H17F3N4O/c1-18-14(21-6-2-3-7-21)19-8-11(22)20-10-5-4-9(15)12(16)13(10)17/h4-5H,2-3,6-8H2,1H3,(H,18,19)(H,20,22). The van der Waals surface area contributed by atoms with Gasteiger partial charge in [0.15, 0.2) is 23.4 Å². The van der Waals surface area contributed by atoms with Gasteiger partial charge >= 0.3 is 0 Å². The number of rotatable bonds is 3. The van der Waals surface area contributed by atoms with Gasteiger partial charge in [-0.05, 0) is 25.0 Å². The zero-order valence-electron chi connectivity index (χ0n) is 12.1. The van der Waals surface area contributed by atoms with Gasteiger partial charge in [0.05, 0.1) is 12.2 Å². The lowest BCUT2D eigenvalue weighted by atomic mass is 10.2. The second-order valence-corrected chi connectivity index (χ2v) is 4.87. The number of guanidine groups is 1. The fourth-order valence-electron chi connectivity index (χ4n) is 2.24. The maximum Gasteiger partial charge on any atom is 0.243 e. The molecule has 0 saturated carbocycles. The Labute approximate surface area is 126 Å². The van der Waals surface area contributed by atoms with E-state index in [0.29, 0.717) is 5.96 Å². The van der Waals surface area contributed by atoms with E-state index in [9.17, 15) is 18.0 Å². The molecule has 22 heavy (non-hydrogen) atoms. The summed E-state index contributed by atoms with van der Waals surface area (Å²) in [6.45, 7) is 1.57. The molecule has 2 rings (SSSR count). The first-order chi connectivity index (χ1) is 10.5. The van der Waals surface area contributed by atoms with Crippen molar-refractivity contribution < 1.29 is 18.0 Å². The van der Waals surface area contributed by atoms with Crippen LogP contribution in [0.4, 0.5) is 18.9 Å². The highest BCUT2D eigenvalue weighted by molar-refractivity contribution is 5.95. The molecule has 0 unspecified atom stereocenters. The minimum atomic E-state index is -1.61. The largest absolute Gasteiger partial charge is 0.347 e. The molecule has 0 radical (unpaired) electrons. The maximum atomic E-state index is 13.5. The van der Waals surface area contributed by atoms with Gasteiger partial charge in [-0.15, -0.1) is 0 Å². The summed E-state index contributed by atoms with van der Waals surface area (Å²) in [6, 6.07) is 1.73. The van der Waals surface area contributed by atoms with Crippen molar-refractivity contribution in [1.29, 1.82) is 0 Å². The lowest BCUT2D eigenvalue weighted by Gasteiger charge is -2.20. The number of amides is 1. The number of carbonyl (C=O) groups excluding carboxylic acids is 1. The van der Waals surface area contributed by atoms with E-state index in [1.807, 2.05) is 4.90 Å². The summed E-state index contributed by atoms with van der Waals surface area (Å²) in [6.07, 6.45) is 2.12. The van der Waals surface area contributed by atoms with Crippen LogP contribution >= 0.6 is 0 Å². The topological polar surface area (TPSA) is 56.7 Å². The first kappa shape index (κ1) is 16.1. The van der Waals surface area contributed by atoms with Gasteiger partial charge in [-0.3, -0.25) is 9.79 Å². The second kappa shape index (κ2) is 7.15. The van der Waals surface area contributed by atoms with E-state index in [1.165, 1.54) is 0 Å². The van der Waals surface area contributed by atoms with Crippen LogP contribution in [-0.4, -0.2) is 43.4 Å². The number of likely N-dealkylation sites (tertiary alicyclic amines) is 1. The van der Waals surface area contributed by atoms with Crippen LogP contribution in [0.15, 0.2) is 17.1 Å². The summed E-state index contributed by atoms with van der Waals surface area (Å²) >= 11 is 0. The number of nitrogens with zero attached hydrogens (tertiary/aromatic N) is 2. The zero-order chi connectivity index (χ0) is 16.1. The van der Waals surface area contributed by atoms with Crippen molar-refractivity contribution >= 4 is 17.6 Å². The molecule has 8 heteroatoms. The monoisotopic (exact) mass is 314 g/mol. The molecular weight excluding hydrogens is 297 g/mol. The van der Waals surface area contributed by atoms with Crippen LogP contribution < -0.4 is 10.6 Å². The van der Waals surface area contributed by atoms with Gasteiger partial charge in [-0.25, -0.2) is 13.2 Å². The van der Waals surface area contributed by atoms with Gasteiger partial charge in [-0.1, -0.05) is 0 Å². The van der Waals surface area contributed by atoms with Crippen LogP contribution in [0.5, 0.6) is 0 Å². The highest BCUT2D eigenvalue weighted by Crippen LogP contribution is 2.19. The third kappa shape index (κ3) is 3.69. The highest BCUT2D eigenvalue weighted by Gasteiger charge is 2.18. The minimum absolute atomic E-state index is 0.151. The van der Waals surface area contributed by atoms with Crippen molar-refractivity contribution in [3.05, 3.63) is 29.6 Å². The Balaban J connectivity index is 1.91. The Morgan fingerprint density at radius 3 is 2.55 bits per heavy atom. The number of anilines is 1. The summed E-state index contributed by atoms with van der Waals surface area (Å²) < 4.78 is 39.3. The number of hydrogen-bond acceptors (Lipinski definition) is 2. The van der Waals surface area contributed by atoms with Crippen molar-refractivity contribution in [1.82, 2.24) is 10.2 Å². The number of halogens is 3. The van der Waals surface area contributed by atoms with Crippen LogP contribution in [0.1, 0.15) is 12.8 Å². The Kier molecular flexibility index (Phi) is 5.24. The van der Waals surface area contributed by atoms with E-state index in [0.717, 1.165) is 38.1 Å². The van der Waals surface area contributed by atoms with E-state index >= 15 is 0 Å². The summed E-state index contributed by atoms with van der Waals surface area (Å²) in [5.41, 5.74) is -0.401. The normalized spacial score (nSPS) is 15.1. The number of carbonyl (C=O) groups is 1. The molecule has 120 valence electrons. The van der Waals surface area contributed by atoms with E-state index in [1.54, 1.807) is 7.05 Å². The molecule has 1 saturated heterocycles. The number of hydrogen-bond donors (Lipinski definition) is 2. The van der Waals surface area contributed by atoms with Crippen molar-refractivity contribution in [3.63, 3.8) is 0 Å². The summed E-state index contributed by atoms with van der Waals surface area (Å²) in [4.78, 5) is 17.8. The number of nitrogens with one attached hydrogen (secondary N) is 2. The van der Waals surface area contributed by atoms with E-state index < -0.39 is 29.0 Å². The predicted octanol–water partition coefficient (Wildman–Crippen LogP) is 1.71. The molecule has 0 aromatic heterocycles. The lowest BCUT2D eigenvalue weighted by Crippen LogP contribution is -2.43. The molecule has 1 aliphatic heterocycles. The van der Waals surface area contributed by atoms with Crippen molar-refractivity contribution in [2.24, 2.45) is 4.99 Å². The Hall–Kier alpha value is -2.25. The molecule has 5 nitrogen and oxygen atoms in total. The Morgan fingerprint density at radius 1 is 1.23 bits per heavy atom. The summed E-state index contributed by atoms with van der Waals surface area (Å²) in [5, 5.41) is 5.04. The van der Waals surface area contributed by atoms with Crippen LogP contribution in [0, 0.1) is 17.5 Å². The fourth-order valence-corrected chi connectivity index (χ4v) is 2.24. The third-order valence-corrected chi connectivity index (χ3v) is 3.33. The first-order valence-corrected chi connectivity index (χ1v) is 6.92. The molecule has 1 aromatic carbocycles. The van der Waals surface area contributed by atoms with E-state index in [4.69, 9.17) is 0 Å². The van der Waals surface area contributed by atoms with Gasteiger partial charge in [0, 0.05) is 20.1 Å². The van der Waals surface area contributed by atoms with Crippen molar-refractivity contribution in [2.45, 2.75) is 12.8 Å². The predicted molar refractivity (Wildman–Crippen MR) is 77.1 cm³/mol. The Bertz CT molecular complexity index is 586. The number of aliphatic imine (C=N–C) groups is 1.